The fraction of sp³-hybridized carbons (Fsp3) is 0.381. The minimum Gasteiger partial charge on any atom is -0.241 e. The molecule has 0 bridgehead atoms. The number of benzene rings is 1. The normalized spacial score (nSPS) is 11.3. The van der Waals surface area contributed by atoms with Gasteiger partial charge in [0.05, 0.1) is 11.3 Å². The maximum atomic E-state index is 14.5. The van der Waals surface area contributed by atoms with Crippen LogP contribution in [0.15, 0.2) is 30.5 Å². The van der Waals surface area contributed by atoms with Crippen LogP contribution in [0.1, 0.15) is 51.1 Å². The van der Waals surface area contributed by atoms with Gasteiger partial charge >= 0.3 is 0 Å². The third-order valence-corrected chi connectivity index (χ3v) is 4.87. The molecule has 0 atom stereocenters. The highest BCUT2D eigenvalue weighted by molar-refractivity contribution is 6.30. The molecule has 0 aliphatic rings. The Labute approximate surface area is 162 Å². The van der Waals surface area contributed by atoms with Crippen molar-refractivity contribution >= 4 is 22.5 Å². The Kier molecular flexibility index (Phi) is 6.67. The largest absolute Gasteiger partial charge is 0.241 e. The smallest absolute Gasteiger partial charge is 0.186 e. The molecule has 2 aromatic heterocycles. The third kappa shape index (κ3) is 4.59. The molecule has 27 heavy (non-hydrogen) atoms. The van der Waals surface area contributed by atoms with Gasteiger partial charge in [-0.05, 0) is 25.0 Å². The Morgan fingerprint density at radius 1 is 0.963 bits per heavy atom. The average Bonchev–Trinajstić information content (AvgIpc) is 2.68. The van der Waals surface area contributed by atoms with Crippen molar-refractivity contribution in [3.63, 3.8) is 0 Å². The molecule has 3 aromatic rings. The van der Waals surface area contributed by atoms with Crippen LogP contribution in [0.3, 0.4) is 0 Å². The van der Waals surface area contributed by atoms with E-state index in [1.165, 1.54) is 31.5 Å². The summed E-state index contributed by atoms with van der Waals surface area (Å²) in [6.45, 7) is 2.18. The number of fused-ring (bicyclic) bond motifs is 1. The van der Waals surface area contributed by atoms with Gasteiger partial charge in [0.1, 0.15) is 11.3 Å². The average molecular weight is 390 g/mol. The van der Waals surface area contributed by atoms with E-state index in [4.69, 9.17) is 11.6 Å². The van der Waals surface area contributed by atoms with Crippen molar-refractivity contribution in [1.82, 2.24) is 15.0 Å². The first-order chi connectivity index (χ1) is 13.1. The van der Waals surface area contributed by atoms with E-state index in [-0.39, 0.29) is 22.1 Å². The van der Waals surface area contributed by atoms with E-state index in [1.54, 1.807) is 18.2 Å². The predicted octanol–water partition coefficient (Wildman–Crippen LogP) is 6.53. The van der Waals surface area contributed by atoms with Gasteiger partial charge in [-0.2, -0.15) is 0 Å². The summed E-state index contributed by atoms with van der Waals surface area (Å²) in [5.41, 5.74) is 1.01. The summed E-state index contributed by atoms with van der Waals surface area (Å²) in [6.07, 6.45) is 8.98. The molecule has 142 valence electrons. The van der Waals surface area contributed by atoms with E-state index in [2.05, 4.69) is 21.9 Å². The summed E-state index contributed by atoms with van der Waals surface area (Å²) >= 11 is 5.82. The minimum absolute atomic E-state index is 0.0873. The number of rotatable bonds is 8. The molecule has 0 saturated carbocycles. The molecule has 3 nitrogen and oxygen atoms in total. The lowest BCUT2D eigenvalue weighted by Crippen LogP contribution is -2.02. The lowest BCUT2D eigenvalue weighted by molar-refractivity contribution is 0.604. The fourth-order valence-electron chi connectivity index (χ4n) is 3.12. The van der Waals surface area contributed by atoms with E-state index in [9.17, 15) is 8.78 Å². The zero-order valence-corrected chi connectivity index (χ0v) is 16.1. The van der Waals surface area contributed by atoms with Crippen molar-refractivity contribution < 1.29 is 8.78 Å². The van der Waals surface area contributed by atoms with Gasteiger partial charge in [0.2, 0.25) is 0 Å². The first-order valence-electron chi connectivity index (χ1n) is 9.37. The van der Waals surface area contributed by atoms with Gasteiger partial charge in [-0.25, -0.2) is 23.7 Å². The number of nitrogens with zero attached hydrogens (tertiary/aromatic N) is 3. The highest BCUT2D eigenvalue weighted by Crippen LogP contribution is 2.28. The van der Waals surface area contributed by atoms with Gasteiger partial charge in [-0.15, -0.1) is 0 Å². The zero-order chi connectivity index (χ0) is 19.2. The molecule has 2 heterocycles. The highest BCUT2D eigenvalue weighted by atomic mass is 35.5. The topological polar surface area (TPSA) is 38.7 Å². The summed E-state index contributed by atoms with van der Waals surface area (Å²) < 4.78 is 28.7. The summed E-state index contributed by atoms with van der Waals surface area (Å²) in [5.74, 6) is -0.968. The van der Waals surface area contributed by atoms with E-state index >= 15 is 0 Å². The SMILES string of the molecule is CCCCCCCCc1nc(-c2ccccc2F)nc2c(F)c(Cl)ncc12. The molecule has 1 aromatic carbocycles. The van der Waals surface area contributed by atoms with Crippen LogP contribution in [0.4, 0.5) is 8.78 Å². The second-order valence-electron chi connectivity index (χ2n) is 6.62. The third-order valence-electron chi connectivity index (χ3n) is 4.60. The number of aromatic nitrogens is 3. The van der Waals surface area contributed by atoms with Crippen molar-refractivity contribution in [3.8, 4) is 11.4 Å². The van der Waals surface area contributed by atoms with Crippen molar-refractivity contribution in [1.29, 1.82) is 0 Å². The lowest BCUT2D eigenvalue weighted by atomic mass is 10.1. The number of aryl methyl sites for hydroxylation is 1. The number of halogens is 3. The van der Waals surface area contributed by atoms with Crippen LogP contribution in [0.5, 0.6) is 0 Å². The van der Waals surface area contributed by atoms with E-state index < -0.39 is 11.6 Å². The summed E-state index contributed by atoms with van der Waals surface area (Å²) in [4.78, 5) is 12.7. The number of unbranched alkanes of at least 4 members (excludes halogenated alkanes) is 5. The van der Waals surface area contributed by atoms with Gasteiger partial charge in [0.25, 0.3) is 0 Å². The van der Waals surface area contributed by atoms with Gasteiger partial charge in [0, 0.05) is 11.6 Å². The van der Waals surface area contributed by atoms with Crippen LogP contribution in [0, 0.1) is 11.6 Å². The fourth-order valence-corrected chi connectivity index (χ4v) is 3.26. The van der Waals surface area contributed by atoms with Crippen LogP contribution < -0.4 is 0 Å². The number of hydrogen-bond donors (Lipinski definition) is 0. The summed E-state index contributed by atoms with van der Waals surface area (Å²) in [5, 5.41) is 0.289. The lowest BCUT2D eigenvalue weighted by Gasteiger charge is -2.10. The monoisotopic (exact) mass is 389 g/mol. The van der Waals surface area contributed by atoms with Gasteiger partial charge < -0.3 is 0 Å². The summed E-state index contributed by atoms with van der Waals surface area (Å²) in [6, 6.07) is 6.23. The molecule has 6 heteroatoms. The molecule has 0 aliphatic heterocycles. The first kappa shape index (κ1) is 19.6. The minimum atomic E-state index is -0.696. The van der Waals surface area contributed by atoms with Crippen molar-refractivity contribution in [3.05, 3.63) is 52.9 Å². The molecular weight excluding hydrogens is 368 g/mol. The molecule has 0 amide bonds. The molecule has 0 N–H and O–H groups in total. The second kappa shape index (κ2) is 9.18. The quantitative estimate of drug-likeness (QED) is 0.325. The molecule has 0 saturated heterocycles. The first-order valence-corrected chi connectivity index (χ1v) is 9.75. The van der Waals surface area contributed by atoms with Gasteiger partial charge in [0.15, 0.2) is 16.8 Å². The van der Waals surface area contributed by atoms with E-state index in [1.807, 2.05) is 0 Å². The predicted molar refractivity (Wildman–Crippen MR) is 105 cm³/mol. The molecule has 0 radical (unpaired) electrons. The highest BCUT2D eigenvalue weighted by Gasteiger charge is 2.17. The van der Waals surface area contributed by atoms with Crippen LogP contribution in [-0.4, -0.2) is 15.0 Å². The molecule has 0 unspecified atom stereocenters. The maximum Gasteiger partial charge on any atom is 0.186 e. The van der Waals surface area contributed by atoms with Crippen molar-refractivity contribution in [2.75, 3.05) is 0 Å². The Morgan fingerprint density at radius 3 is 2.48 bits per heavy atom. The van der Waals surface area contributed by atoms with Crippen molar-refractivity contribution in [2.45, 2.75) is 51.9 Å². The number of pyridine rings is 1. The van der Waals surface area contributed by atoms with Crippen LogP contribution in [0.25, 0.3) is 22.3 Å². The maximum absolute atomic E-state index is 14.5. The summed E-state index contributed by atoms with van der Waals surface area (Å²) in [7, 11) is 0. The van der Waals surface area contributed by atoms with Crippen LogP contribution in [0.2, 0.25) is 5.15 Å². The Morgan fingerprint density at radius 2 is 1.70 bits per heavy atom. The van der Waals surface area contributed by atoms with Gasteiger partial charge in [-0.3, -0.25) is 0 Å². The van der Waals surface area contributed by atoms with E-state index in [0.29, 0.717) is 17.5 Å². The van der Waals surface area contributed by atoms with E-state index in [0.717, 1.165) is 19.3 Å². The Hall–Kier alpha value is -2.14. The molecule has 0 fully saturated rings. The number of hydrogen-bond acceptors (Lipinski definition) is 3. The Bertz CT molecular complexity index is 931. The van der Waals surface area contributed by atoms with Crippen LogP contribution >= 0.6 is 11.6 Å². The van der Waals surface area contributed by atoms with Gasteiger partial charge in [-0.1, -0.05) is 62.8 Å². The molecule has 0 spiro atoms. The molecule has 0 aliphatic carbocycles. The van der Waals surface area contributed by atoms with Crippen molar-refractivity contribution in [2.24, 2.45) is 0 Å². The second-order valence-corrected chi connectivity index (χ2v) is 6.97. The van der Waals surface area contributed by atoms with Crippen LogP contribution in [-0.2, 0) is 6.42 Å². The zero-order valence-electron chi connectivity index (χ0n) is 15.3. The molecular formula is C21H22ClF2N3. The standard InChI is InChI=1S/C21H22ClF2N3/c1-2-3-4-5-6-7-12-17-15-13-25-20(22)18(24)19(15)27-21(26-17)14-10-8-9-11-16(14)23/h8-11,13H,2-7,12H2,1H3. The Balaban J connectivity index is 1.95. The molecule has 3 rings (SSSR count).